The van der Waals surface area contributed by atoms with E-state index in [1.165, 1.54) is 24.3 Å². The van der Waals surface area contributed by atoms with Crippen LogP contribution in [0.4, 0.5) is 18.9 Å². The Bertz CT molecular complexity index is 356. The number of ether oxygens (including phenoxy) is 1. The lowest BCUT2D eigenvalue weighted by atomic mass is 10.3. The Morgan fingerprint density at radius 3 is 2.31 bits per heavy atom. The van der Waals surface area contributed by atoms with Gasteiger partial charge in [-0.25, -0.2) is 0 Å². The van der Waals surface area contributed by atoms with E-state index < -0.39 is 6.36 Å². The Morgan fingerprint density at radius 2 is 1.88 bits per heavy atom. The van der Waals surface area contributed by atoms with Crippen LogP contribution >= 0.6 is 0 Å². The highest BCUT2D eigenvalue weighted by molar-refractivity contribution is 5.47. The second kappa shape index (κ2) is 4.92. The van der Waals surface area contributed by atoms with Crippen LogP contribution in [0.2, 0.25) is 0 Å². The number of nitrogens with one attached hydrogen (secondary N) is 1. The van der Waals surface area contributed by atoms with Gasteiger partial charge in [0.05, 0.1) is 0 Å². The number of benzene rings is 1. The van der Waals surface area contributed by atoms with Crippen molar-refractivity contribution in [3.8, 4) is 5.75 Å². The molecule has 0 aliphatic carbocycles. The fraction of sp³-hybridized carbons (Fsp3) is 0.273. The maximum Gasteiger partial charge on any atom is 0.573 e. The maximum atomic E-state index is 11.8. The molecule has 0 unspecified atom stereocenters. The molecule has 0 spiro atoms. The third-order valence-corrected chi connectivity index (χ3v) is 1.68. The van der Waals surface area contributed by atoms with Gasteiger partial charge in [0, 0.05) is 12.2 Å². The predicted molar refractivity (Wildman–Crippen MR) is 56.4 cm³/mol. The van der Waals surface area contributed by atoms with E-state index in [0.717, 1.165) is 11.3 Å². The van der Waals surface area contributed by atoms with Gasteiger partial charge in [0.15, 0.2) is 0 Å². The predicted octanol–water partition coefficient (Wildman–Crippen LogP) is 3.57. The summed E-state index contributed by atoms with van der Waals surface area (Å²) in [5, 5.41) is 3.00. The summed E-state index contributed by atoms with van der Waals surface area (Å²) in [5.74, 6) is -0.228. The lowest BCUT2D eigenvalue weighted by Crippen LogP contribution is -2.17. The zero-order valence-corrected chi connectivity index (χ0v) is 8.77. The van der Waals surface area contributed by atoms with Crippen LogP contribution in [0.15, 0.2) is 36.4 Å². The molecule has 0 radical (unpaired) electrons. The Hall–Kier alpha value is -1.65. The van der Waals surface area contributed by atoms with Crippen LogP contribution < -0.4 is 10.1 Å². The van der Waals surface area contributed by atoms with Crippen LogP contribution in [0.5, 0.6) is 5.75 Å². The standard InChI is InChI=1S/C11H12F3NO/c1-8(2)7-15-9-3-5-10(6-4-9)16-11(12,13)14/h3-6,15H,1,7H2,2H3. The molecule has 0 aliphatic rings. The molecule has 1 aromatic carbocycles. The summed E-state index contributed by atoms with van der Waals surface area (Å²) >= 11 is 0. The van der Waals surface area contributed by atoms with Gasteiger partial charge in [-0.3, -0.25) is 0 Å². The Balaban J connectivity index is 2.57. The average molecular weight is 231 g/mol. The normalized spacial score (nSPS) is 11.0. The molecule has 5 heteroatoms. The summed E-state index contributed by atoms with van der Waals surface area (Å²) in [7, 11) is 0. The molecule has 0 amide bonds. The summed E-state index contributed by atoms with van der Waals surface area (Å²) in [5.41, 5.74) is 1.66. The zero-order valence-electron chi connectivity index (χ0n) is 8.77. The van der Waals surface area contributed by atoms with Gasteiger partial charge in [0.1, 0.15) is 5.75 Å². The van der Waals surface area contributed by atoms with E-state index >= 15 is 0 Å². The van der Waals surface area contributed by atoms with Crippen LogP contribution in [0.1, 0.15) is 6.92 Å². The van der Waals surface area contributed by atoms with Crippen molar-refractivity contribution in [1.29, 1.82) is 0 Å². The minimum Gasteiger partial charge on any atom is -0.406 e. The molecule has 16 heavy (non-hydrogen) atoms. The van der Waals surface area contributed by atoms with E-state index in [4.69, 9.17) is 0 Å². The van der Waals surface area contributed by atoms with Gasteiger partial charge in [0.25, 0.3) is 0 Å². The van der Waals surface area contributed by atoms with Crippen molar-refractivity contribution >= 4 is 5.69 Å². The fourth-order valence-corrected chi connectivity index (χ4v) is 1.03. The molecule has 0 saturated heterocycles. The van der Waals surface area contributed by atoms with Crippen molar-refractivity contribution < 1.29 is 17.9 Å². The summed E-state index contributed by atoms with van der Waals surface area (Å²) in [6.07, 6.45) is -4.65. The van der Waals surface area contributed by atoms with E-state index in [1.807, 2.05) is 6.92 Å². The molecular weight excluding hydrogens is 219 g/mol. The monoisotopic (exact) mass is 231 g/mol. The van der Waals surface area contributed by atoms with Crippen molar-refractivity contribution in [2.24, 2.45) is 0 Å². The molecule has 0 atom stereocenters. The summed E-state index contributed by atoms with van der Waals surface area (Å²) in [6, 6.07) is 5.55. The van der Waals surface area contributed by atoms with Gasteiger partial charge in [-0.1, -0.05) is 12.2 Å². The fourth-order valence-electron chi connectivity index (χ4n) is 1.03. The minimum atomic E-state index is -4.65. The Kier molecular flexibility index (Phi) is 3.82. The molecule has 1 rings (SSSR count). The summed E-state index contributed by atoms with van der Waals surface area (Å²) in [4.78, 5) is 0. The number of rotatable bonds is 4. The first kappa shape index (κ1) is 12.4. The zero-order chi connectivity index (χ0) is 12.2. The van der Waals surface area contributed by atoms with Gasteiger partial charge in [0.2, 0.25) is 0 Å². The third-order valence-electron chi connectivity index (χ3n) is 1.68. The quantitative estimate of drug-likeness (QED) is 0.800. The van der Waals surface area contributed by atoms with Crippen molar-refractivity contribution in [3.63, 3.8) is 0 Å². The van der Waals surface area contributed by atoms with Crippen molar-refractivity contribution in [2.45, 2.75) is 13.3 Å². The molecule has 1 N–H and O–H groups in total. The van der Waals surface area contributed by atoms with Crippen LogP contribution in [0.25, 0.3) is 0 Å². The highest BCUT2D eigenvalue weighted by Gasteiger charge is 2.30. The number of halogens is 3. The Labute approximate surface area is 91.7 Å². The van der Waals surface area contributed by atoms with Gasteiger partial charge in [-0.05, 0) is 31.2 Å². The van der Waals surface area contributed by atoms with Crippen molar-refractivity contribution in [1.82, 2.24) is 0 Å². The molecule has 0 aromatic heterocycles. The molecular formula is C11H12F3NO. The highest BCUT2D eigenvalue weighted by atomic mass is 19.4. The number of hydrogen-bond donors (Lipinski definition) is 1. The maximum absolute atomic E-state index is 11.8. The van der Waals surface area contributed by atoms with Gasteiger partial charge in [-0.15, -0.1) is 13.2 Å². The van der Waals surface area contributed by atoms with Crippen LogP contribution in [-0.2, 0) is 0 Å². The topological polar surface area (TPSA) is 21.3 Å². The highest BCUT2D eigenvalue weighted by Crippen LogP contribution is 2.23. The van der Waals surface area contributed by atoms with Gasteiger partial charge >= 0.3 is 6.36 Å². The smallest absolute Gasteiger partial charge is 0.406 e. The van der Waals surface area contributed by atoms with E-state index in [9.17, 15) is 13.2 Å². The number of hydrogen-bond acceptors (Lipinski definition) is 2. The second-order valence-corrected chi connectivity index (χ2v) is 3.38. The van der Waals surface area contributed by atoms with Crippen LogP contribution in [0, 0.1) is 0 Å². The molecule has 0 aliphatic heterocycles. The lowest BCUT2D eigenvalue weighted by Gasteiger charge is -2.10. The van der Waals surface area contributed by atoms with E-state index in [2.05, 4.69) is 16.6 Å². The van der Waals surface area contributed by atoms with Crippen LogP contribution in [-0.4, -0.2) is 12.9 Å². The molecule has 0 saturated carbocycles. The third kappa shape index (κ3) is 4.72. The van der Waals surface area contributed by atoms with E-state index in [-0.39, 0.29) is 5.75 Å². The molecule has 88 valence electrons. The molecule has 0 bridgehead atoms. The first-order chi connectivity index (χ1) is 7.37. The second-order valence-electron chi connectivity index (χ2n) is 3.38. The average Bonchev–Trinajstić information content (AvgIpc) is 2.14. The first-order valence-corrected chi connectivity index (χ1v) is 4.61. The number of alkyl halides is 3. The minimum absolute atomic E-state index is 0.228. The van der Waals surface area contributed by atoms with E-state index in [0.29, 0.717) is 6.54 Å². The molecule has 2 nitrogen and oxygen atoms in total. The van der Waals surface area contributed by atoms with Gasteiger partial charge in [-0.2, -0.15) is 0 Å². The SMILES string of the molecule is C=C(C)CNc1ccc(OC(F)(F)F)cc1. The largest absolute Gasteiger partial charge is 0.573 e. The van der Waals surface area contributed by atoms with Gasteiger partial charge < -0.3 is 10.1 Å². The summed E-state index contributed by atoms with van der Waals surface area (Å²) in [6.45, 7) is 6.14. The summed E-state index contributed by atoms with van der Waals surface area (Å²) < 4.78 is 39.3. The molecule has 0 heterocycles. The molecule has 1 aromatic rings. The van der Waals surface area contributed by atoms with E-state index in [1.54, 1.807) is 0 Å². The Morgan fingerprint density at radius 1 is 1.31 bits per heavy atom. The van der Waals surface area contributed by atoms with Crippen molar-refractivity contribution in [3.05, 3.63) is 36.4 Å². The van der Waals surface area contributed by atoms with Crippen molar-refractivity contribution in [2.75, 3.05) is 11.9 Å². The van der Waals surface area contributed by atoms with Crippen LogP contribution in [0.3, 0.4) is 0 Å². The first-order valence-electron chi connectivity index (χ1n) is 4.61. The molecule has 0 fully saturated rings. The number of anilines is 1. The lowest BCUT2D eigenvalue weighted by molar-refractivity contribution is -0.274.